The molecule has 198 valence electrons. The van der Waals surface area contributed by atoms with E-state index in [0.717, 1.165) is 16.9 Å². The molecule has 7 nitrogen and oxygen atoms in total. The van der Waals surface area contributed by atoms with Gasteiger partial charge < -0.3 is 9.47 Å². The van der Waals surface area contributed by atoms with Crippen LogP contribution in [0.4, 0.5) is 10.5 Å². The minimum absolute atomic E-state index is 0.104. The number of Topliss-reactive ketones (excluding diaryl/α,β-unsaturated/α-hetero) is 1. The van der Waals surface area contributed by atoms with Crippen LogP contribution in [0.25, 0.3) is 0 Å². The molecule has 2 saturated carbocycles. The first-order chi connectivity index (χ1) is 18.1. The topological polar surface area (TPSA) is 90.0 Å². The van der Waals surface area contributed by atoms with Crippen LogP contribution in [-0.2, 0) is 35.7 Å². The second kappa shape index (κ2) is 9.53. The molecule has 3 aliphatic rings. The molecule has 5 rings (SSSR count). The quantitative estimate of drug-likeness (QED) is 0.404. The van der Waals surface area contributed by atoms with Crippen LogP contribution >= 0.6 is 0 Å². The van der Waals surface area contributed by atoms with Crippen LogP contribution in [0.1, 0.15) is 51.7 Å². The molecule has 2 aliphatic carbocycles. The summed E-state index contributed by atoms with van der Waals surface area (Å²) in [5, 5.41) is 0. The van der Waals surface area contributed by atoms with Crippen molar-refractivity contribution in [2.24, 2.45) is 17.8 Å². The minimum atomic E-state index is -1.41. The first kappa shape index (κ1) is 25.9. The van der Waals surface area contributed by atoms with Crippen molar-refractivity contribution in [3.8, 4) is 0 Å². The number of hydrogen-bond acceptors (Lipinski definition) is 6. The Hall–Kier alpha value is -3.74. The van der Waals surface area contributed by atoms with Crippen molar-refractivity contribution in [2.45, 2.75) is 58.0 Å². The minimum Gasteiger partial charge on any atom is -0.466 e. The second-order valence-corrected chi connectivity index (χ2v) is 11.2. The highest BCUT2D eigenvalue weighted by Crippen LogP contribution is 2.66. The van der Waals surface area contributed by atoms with Gasteiger partial charge in [-0.05, 0) is 69.7 Å². The Morgan fingerprint density at radius 2 is 1.74 bits per heavy atom. The molecule has 1 spiro atoms. The lowest BCUT2D eigenvalue weighted by Gasteiger charge is -2.39. The van der Waals surface area contributed by atoms with Crippen LogP contribution in [-0.4, -0.2) is 36.0 Å². The largest absolute Gasteiger partial charge is 0.466 e. The monoisotopic (exact) mass is 515 g/mol. The number of benzene rings is 2. The zero-order valence-corrected chi connectivity index (χ0v) is 22.2. The van der Waals surface area contributed by atoms with E-state index in [1.165, 1.54) is 0 Å². The highest BCUT2D eigenvalue weighted by Gasteiger charge is 2.74. The third kappa shape index (κ3) is 3.96. The van der Waals surface area contributed by atoms with E-state index < -0.39 is 46.7 Å². The maximum Gasteiger partial charge on any atom is 0.421 e. The van der Waals surface area contributed by atoms with Gasteiger partial charge >= 0.3 is 12.1 Å². The number of imide groups is 1. The Bertz CT molecular complexity index is 1320. The second-order valence-electron chi connectivity index (χ2n) is 11.2. The normalized spacial score (nSPS) is 26.8. The number of hydrogen-bond donors (Lipinski definition) is 0. The summed E-state index contributed by atoms with van der Waals surface area (Å²) in [7, 11) is 0. The van der Waals surface area contributed by atoms with E-state index in [-0.39, 0.29) is 12.4 Å². The van der Waals surface area contributed by atoms with Crippen LogP contribution in [0.3, 0.4) is 0 Å². The van der Waals surface area contributed by atoms with Crippen LogP contribution in [0.5, 0.6) is 0 Å². The van der Waals surface area contributed by atoms with Gasteiger partial charge in [-0.1, -0.05) is 54.6 Å². The average Bonchev–Trinajstić information content (AvgIpc) is 3.46. The van der Waals surface area contributed by atoms with Gasteiger partial charge in [-0.3, -0.25) is 14.4 Å². The van der Waals surface area contributed by atoms with Gasteiger partial charge in [0.2, 0.25) is 5.91 Å². The van der Waals surface area contributed by atoms with E-state index in [4.69, 9.17) is 9.47 Å². The number of para-hydroxylation sites is 1. The molecule has 2 bridgehead atoms. The number of ketones is 1. The summed E-state index contributed by atoms with van der Waals surface area (Å²) in [4.78, 5) is 55.9. The van der Waals surface area contributed by atoms with E-state index in [1.54, 1.807) is 52.0 Å². The Labute approximate surface area is 222 Å². The van der Waals surface area contributed by atoms with Gasteiger partial charge in [-0.25, -0.2) is 9.69 Å². The maximum atomic E-state index is 14.4. The standard InChI is InChI=1S/C31H33NO6/c1-5-37-27(34)25-21-18-23(20(26(21)33)15-11-14-19-12-7-6-8-13-19)31(25)22-16-9-10-17-24(22)32(28(31)35)29(36)38-30(2,3)4/h6-10,12-13,15-17,21,23,25H,5,11,14,18H2,1-4H3/b20-15+/t21-,23-,25-,31+/m1/s1. The third-order valence-corrected chi connectivity index (χ3v) is 7.83. The van der Waals surface area contributed by atoms with E-state index >= 15 is 0 Å². The zero-order valence-electron chi connectivity index (χ0n) is 22.2. The van der Waals surface area contributed by atoms with Gasteiger partial charge in [-0.2, -0.15) is 0 Å². The fourth-order valence-corrected chi connectivity index (χ4v) is 6.54. The Morgan fingerprint density at radius 1 is 1.05 bits per heavy atom. The lowest BCUT2D eigenvalue weighted by molar-refractivity contribution is -0.156. The van der Waals surface area contributed by atoms with Gasteiger partial charge in [0.1, 0.15) is 5.60 Å². The van der Waals surface area contributed by atoms with E-state index in [2.05, 4.69) is 0 Å². The molecule has 4 atom stereocenters. The number of anilines is 1. The van der Waals surface area contributed by atoms with Crippen molar-refractivity contribution < 1.29 is 28.7 Å². The molecule has 1 heterocycles. The van der Waals surface area contributed by atoms with Gasteiger partial charge in [0.15, 0.2) is 5.78 Å². The Kier molecular flexibility index (Phi) is 6.49. The van der Waals surface area contributed by atoms with Crippen LogP contribution in [0.15, 0.2) is 66.2 Å². The number of aryl methyl sites for hydroxylation is 1. The lowest BCUT2D eigenvalue weighted by Crippen LogP contribution is -2.55. The highest BCUT2D eigenvalue weighted by molar-refractivity contribution is 6.24. The molecule has 38 heavy (non-hydrogen) atoms. The van der Waals surface area contributed by atoms with Crippen molar-refractivity contribution in [2.75, 3.05) is 11.5 Å². The number of amides is 2. The Morgan fingerprint density at radius 3 is 2.42 bits per heavy atom. The number of carbonyl (C=O) groups excluding carboxylic acids is 4. The zero-order chi connectivity index (χ0) is 27.2. The molecular formula is C31H33NO6. The number of rotatable bonds is 5. The predicted molar refractivity (Wildman–Crippen MR) is 141 cm³/mol. The fraction of sp³-hybridized carbons (Fsp3) is 0.419. The van der Waals surface area contributed by atoms with E-state index in [9.17, 15) is 19.2 Å². The summed E-state index contributed by atoms with van der Waals surface area (Å²) in [6.07, 6.45) is 2.87. The lowest BCUT2D eigenvalue weighted by atomic mass is 9.60. The molecule has 7 heteroatoms. The molecule has 2 aromatic carbocycles. The van der Waals surface area contributed by atoms with Crippen molar-refractivity contribution >= 4 is 29.4 Å². The summed E-state index contributed by atoms with van der Waals surface area (Å²) in [6, 6.07) is 17.0. The number of allylic oxidation sites excluding steroid dienone is 2. The van der Waals surface area contributed by atoms with Crippen LogP contribution in [0.2, 0.25) is 0 Å². The molecule has 2 aromatic rings. The highest BCUT2D eigenvalue weighted by atomic mass is 16.6. The number of esters is 1. The fourth-order valence-electron chi connectivity index (χ4n) is 6.54. The molecule has 0 radical (unpaired) electrons. The smallest absolute Gasteiger partial charge is 0.421 e. The molecule has 2 amide bonds. The SMILES string of the molecule is CCOC(=O)[C@H]1[C@H]2C[C@H](/C(=C\CCc3ccccc3)C2=O)[C@]12C(=O)N(C(=O)OC(C)(C)C)c1ccccc12. The average molecular weight is 516 g/mol. The van der Waals surface area contributed by atoms with Gasteiger partial charge in [0.05, 0.1) is 23.6 Å². The van der Waals surface area contributed by atoms with Crippen molar-refractivity contribution in [3.05, 3.63) is 77.4 Å². The summed E-state index contributed by atoms with van der Waals surface area (Å²) in [5.41, 5.74) is 0.456. The summed E-state index contributed by atoms with van der Waals surface area (Å²) >= 11 is 0. The molecule has 0 N–H and O–H groups in total. The third-order valence-electron chi connectivity index (χ3n) is 7.83. The number of carbonyl (C=O) groups is 4. The maximum absolute atomic E-state index is 14.4. The first-order valence-electron chi connectivity index (χ1n) is 13.2. The van der Waals surface area contributed by atoms with Crippen molar-refractivity contribution in [3.63, 3.8) is 0 Å². The number of fused-ring (bicyclic) bond motifs is 5. The summed E-state index contributed by atoms with van der Waals surface area (Å²) in [6.45, 7) is 7.03. The molecule has 1 aliphatic heterocycles. The van der Waals surface area contributed by atoms with Gasteiger partial charge in [0, 0.05) is 11.8 Å². The molecule has 0 unspecified atom stereocenters. The van der Waals surface area contributed by atoms with Crippen molar-refractivity contribution in [1.29, 1.82) is 0 Å². The number of nitrogens with zero attached hydrogens (tertiary/aromatic N) is 1. The number of ether oxygens (including phenoxy) is 2. The molecular weight excluding hydrogens is 482 g/mol. The van der Waals surface area contributed by atoms with Crippen molar-refractivity contribution in [1.82, 2.24) is 0 Å². The molecule has 2 fully saturated rings. The summed E-state index contributed by atoms with van der Waals surface area (Å²) < 4.78 is 11.0. The first-order valence-corrected chi connectivity index (χ1v) is 13.2. The van der Waals surface area contributed by atoms with E-state index in [1.807, 2.05) is 36.4 Å². The molecule has 0 saturated heterocycles. The van der Waals surface area contributed by atoms with E-state index in [0.29, 0.717) is 29.7 Å². The predicted octanol–water partition coefficient (Wildman–Crippen LogP) is 5.16. The van der Waals surface area contributed by atoms with Gasteiger partial charge in [0.25, 0.3) is 0 Å². The summed E-state index contributed by atoms with van der Waals surface area (Å²) in [5.74, 6) is -3.44. The van der Waals surface area contributed by atoms with Crippen LogP contribution < -0.4 is 4.90 Å². The Balaban J connectivity index is 1.60. The molecule has 0 aromatic heterocycles. The van der Waals surface area contributed by atoms with Gasteiger partial charge in [-0.15, -0.1) is 0 Å². The van der Waals surface area contributed by atoms with Crippen LogP contribution in [0, 0.1) is 17.8 Å².